The maximum Gasteiger partial charge on any atom is 0.0722 e. The monoisotopic (exact) mass is 340 g/mol. The van der Waals surface area contributed by atoms with Gasteiger partial charge in [-0.05, 0) is 37.3 Å². The first-order valence-corrected chi connectivity index (χ1v) is 7.22. The van der Waals surface area contributed by atoms with Crippen molar-refractivity contribution in [3.8, 4) is 11.3 Å². The van der Waals surface area contributed by atoms with Crippen LogP contribution in [0.4, 0.5) is 0 Å². The number of pyridine rings is 1. The highest BCUT2D eigenvalue weighted by Gasteiger charge is 2.09. The van der Waals surface area contributed by atoms with Gasteiger partial charge in [0, 0.05) is 21.0 Å². The zero-order valence-electron chi connectivity index (χ0n) is 11.3. The molecule has 0 amide bonds. The van der Waals surface area contributed by atoms with E-state index in [0.29, 0.717) is 16.6 Å². The van der Waals surface area contributed by atoms with Crippen molar-refractivity contribution in [2.75, 3.05) is 0 Å². The second kappa shape index (κ2) is 5.30. The van der Waals surface area contributed by atoms with E-state index >= 15 is 0 Å². The summed E-state index contributed by atoms with van der Waals surface area (Å²) >= 11 is 3.35. The molecule has 0 saturated heterocycles. The lowest BCUT2D eigenvalue weighted by atomic mass is 10.0. The summed E-state index contributed by atoms with van der Waals surface area (Å²) in [6, 6.07) is 14.8. The first-order valence-electron chi connectivity index (χ1n) is 6.43. The normalized spacial score (nSPS) is 10.8. The van der Waals surface area contributed by atoms with Gasteiger partial charge < -0.3 is 9.90 Å². The van der Waals surface area contributed by atoms with Gasteiger partial charge in [0.15, 0.2) is 0 Å². The number of aryl methyl sites for hydroxylation is 1. The van der Waals surface area contributed by atoms with E-state index in [0.717, 1.165) is 15.6 Å². The van der Waals surface area contributed by atoms with Crippen LogP contribution in [0.2, 0.25) is 0 Å². The molecular formula is C17H11BrNO2-. The lowest BCUT2D eigenvalue weighted by molar-refractivity contribution is -0.254. The summed E-state index contributed by atoms with van der Waals surface area (Å²) in [6.07, 6.45) is 0. The minimum absolute atomic E-state index is 0.151. The Morgan fingerprint density at radius 1 is 1.14 bits per heavy atom. The third kappa shape index (κ3) is 2.67. The van der Waals surface area contributed by atoms with E-state index in [9.17, 15) is 9.90 Å². The van der Waals surface area contributed by atoms with Crippen LogP contribution in [-0.4, -0.2) is 11.0 Å². The number of carboxylic acid groups (broad SMARTS) is 1. The molecule has 0 atom stereocenters. The third-order valence-electron chi connectivity index (χ3n) is 3.30. The molecule has 0 fully saturated rings. The van der Waals surface area contributed by atoms with Gasteiger partial charge in [-0.1, -0.05) is 39.7 Å². The van der Waals surface area contributed by atoms with E-state index in [4.69, 9.17) is 0 Å². The number of halogens is 1. The molecule has 3 nitrogen and oxygen atoms in total. The van der Waals surface area contributed by atoms with Gasteiger partial charge >= 0.3 is 0 Å². The Morgan fingerprint density at radius 2 is 1.95 bits per heavy atom. The summed E-state index contributed by atoms with van der Waals surface area (Å²) in [5.74, 6) is -1.20. The topological polar surface area (TPSA) is 53.0 Å². The second-order valence-corrected chi connectivity index (χ2v) is 5.79. The van der Waals surface area contributed by atoms with Crippen LogP contribution in [0.25, 0.3) is 22.2 Å². The number of fused-ring (bicyclic) bond motifs is 1. The highest BCUT2D eigenvalue weighted by atomic mass is 79.9. The highest BCUT2D eigenvalue weighted by molar-refractivity contribution is 9.10. The zero-order valence-corrected chi connectivity index (χ0v) is 12.8. The predicted octanol–water partition coefficient (Wildman–Crippen LogP) is 3.34. The molecule has 2 aromatic carbocycles. The van der Waals surface area contributed by atoms with E-state index in [1.54, 1.807) is 18.2 Å². The van der Waals surface area contributed by atoms with Crippen LogP contribution in [0.15, 0.2) is 53.0 Å². The van der Waals surface area contributed by atoms with Crippen molar-refractivity contribution in [3.63, 3.8) is 0 Å². The average molecular weight is 341 g/mol. The number of aromatic nitrogens is 1. The Kier molecular flexibility index (Phi) is 3.47. The largest absolute Gasteiger partial charge is 0.545 e. The Hall–Kier alpha value is -2.20. The summed E-state index contributed by atoms with van der Waals surface area (Å²) in [5, 5.41) is 12.0. The first-order chi connectivity index (χ1) is 10.0. The van der Waals surface area contributed by atoms with Crippen LogP contribution < -0.4 is 5.11 Å². The molecule has 4 heteroatoms. The van der Waals surface area contributed by atoms with Gasteiger partial charge in [-0.25, -0.2) is 4.98 Å². The van der Waals surface area contributed by atoms with Crippen molar-refractivity contribution in [2.24, 2.45) is 0 Å². The summed E-state index contributed by atoms with van der Waals surface area (Å²) in [6.45, 7) is 1.99. The number of aromatic carboxylic acids is 1. The summed E-state index contributed by atoms with van der Waals surface area (Å²) in [4.78, 5) is 16.0. The molecule has 104 valence electrons. The van der Waals surface area contributed by atoms with E-state index in [-0.39, 0.29) is 5.56 Å². The van der Waals surface area contributed by atoms with Crippen molar-refractivity contribution >= 4 is 32.8 Å². The van der Waals surface area contributed by atoms with Gasteiger partial charge in [0.2, 0.25) is 0 Å². The summed E-state index contributed by atoms with van der Waals surface area (Å²) in [5.41, 5.74) is 3.41. The predicted molar refractivity (Wildman–Crippen MR) is 83.9 cm³/mol. The van der Waals surface area contributed by atoms with E-state index in [1.807, 2.05) is 37.3 Å². The van der Waals surface area contributed by atoms with Crippen molar-refractivity contribution in [1.82, 2.24) is 4.98 Å². The molecule has 1 aromatic heterocycles. The standard InChI is InChI=1S/C17H12BrNO2/c1-10-3-2-4-11(7-10)16-9-14(17(20)21)13-8-12(18)5-6-15(13)19-16/h2-9H,1H3,(H,20,21)/p-1. The zero-order chi connectivity index (χ0) is 15.0. The number of hydrogen-bond donors (Lipinski definition) is 0. The number of carbonyl (C=O) groups is 1. The van der Waals surface area contributed by atoms with E-state index in [2.05, 4.69) is 20.9 Å². The maximum absolute atomic E-state index is 11.4. The molecule has 21 heavy (non-hydrogen) atoms. The van der Waals surface area contributed by atoms with Gasteiger partial charge in [-0.15, -0.1) is 0 Å². The van der Waals surface area contributed by atoms with Crippen LogP contribution in [0, 0.1) is 6.92 Å². The summed E-state index contributed by atoms with van der Waals surface area (Å²) < 4.78 is 0.808. The number of carbonyl (C=O) groups excluding carboxylic acids is 1. The number of benzene rings is 2. The molecule has 0 saturated carbocycles. The molecular weight excluding hydrogens is 330 g/mol. The molecule has 3 aromatic rings. The van der Waals surface area contributed by atoms with Crippen molar-refractivity contribution in [1.29, 1.82) is 0 Å². The van der Waals surface area contributed by atoms with E-state index < -0.39 is 5.97 Å². The number of carboxylic acids is 1. The van der Waals surface area contributed by atoms with Crippen LogP contribution in [0.5, 0.6) is 0 Å². The molecule has 0 bridgehead atoms. The fraction of sp³-hybridized carbons (Fsp3) is 0.0588. The number of hydrogen-bond acceptors (Lipinski definition) is 3. The molecule has 0 unspecified atom stereocenters. The van der Waals surface area contributed by atoms with Gasteiger partial charge in [0.25, 0.3) is 0 Å². The van der Waals surface area contributed by atoms with Crippen molar-refractivity contribution in [3.05, 3.63) is 64.1 Å². The fourth-order valence-electron chi connectivity index (χ4n) is 2.32. The lowest BCUT2D eigenvalue weighted by Gasteiger charge is -2.11. The molecule has 0 N–H and O–H groups in total. The Balaban J connectivity index is 2.31. The molecule has 0 spiro atoms. The second-order valence-electron chi connectivity index (χ2n) is 4.87. The third-order valence-corrected chi connectivity index (χ3v) is 3.80. The van der Waals surface area contributed by atoms with Crippen LogP contribution in [-0.2, 0) is 0 Å². The van der Waals surface area contributed by atoms with Crippen LogP contribution >= 0.6 is 15.9 Å². The molecule has 0 aliphatic rings. The number of rotatable bonds is 2. The van der Waals surface area contributed by atoms with Gasteiger partial charge in [-0.2, -0.15) is 0 Å². The quantitative estimate of drug-likeness (QED) is 0.718. The Bertz CT molecular complexity index is 859. The van der Waals surface area contributed by atoms with E-state index in [1.165, 1.54) is 0 Å². The minimum atomic E-state index is -1.20. The van der Waals surface area contributed by atoms with Gasteiger partial charge in [0.05, 0.1) is 17.2 Å². The molecule has 0 radical (unpaired) electrons. The fourth-order valence-corrected chi connectivity index (χ4v) is 2.68. The smallest absolute Gasteiger partial charge is 0.0722 e. The lowest BCUT2D eigenvalue weighted by Crippen LogP contribution is -2.22. The first kappa shape index (κ1) is 13.8. The minimum Gasteiger partial charge on any atom is -0.545 e. The number of nitrogens with zero attached hydrogens (tertiary/aromatic N) is 1. The average Bonchev–Trinajstić information content (AvgIpc) is 2.46. The Morgan fingerprint density at radius 3 is 2.67 bits per heavy atom. The highest BCUT2D eigenvalue weighted by Crippen LogP contribution is 2.27. The molecule has 0 aliphatic carbocycles. The van der Waals surface area contributed by atoms with Gasteiger partial charge in [0.1, 0.15) is 0 Å². The molecule has 0 aliphatic heterocycles. The van der Waals surface area contributed by atoms with Crippen LogP contribution in [0.1, 0.15) is 15.9 Å². The maximum atomic E-state index is 11.4. The van der Waals surface area contributed by atoms with Gasteiger partial charge in [-0.3, -0.25) is 0 Å². The molecule has 1 heterocycles. The van der Waals surface area contributed by atoms with Crippen molar-refractivity contribution in [2.45, 2.75) is 6.92 Å². The molecule has 3 rings (SSSR count). The van der Waals surface area contributed by atoms with Crippen LogP contribution in [0.3, 0.4) is 0 Å². The van der Waals surface area contributed by atoms with Crippen molar-refractivity contribution < 1.29 is 9.90 Å². The summed E-state index contributed by atoms with van der Waals surface area (Å²) in [7, 11) is 0. The SMILES string of the molecule is Cc1cccc(-c2cc(C(=O)[O-])c3cc(Br)ccc3n2)c1. The Labute approximate surface area is 130 Å².